The van der Waals surface area contributed by atoms with Crippen molar-refractivity contribution < 1.29 is 9.59 Å². The lowest BCUT2D eigenvalue weighted by Crippen LogP contribution is -2.41. The Labute approximate surface area is 181 Å². The number of thiophene rings is 2. The fourth-order valence-electron chi connectivity index (χ4n) is 3.40. The third-order valence-electron chi connectivity index (χ3n) is 4.93. The molecule has 3 aromatic heterocycles. The number of nitrogens with zero attached hydrogens (tertiary/aromatic N) is 2. The van der Waals surface area contributed by atoms with Gasteiger partial charge in [0.1, 0.15) is 0 Å². The Morgan fingerprint density at radius 2 is 2.28 bits per heavy atom. The number of hydrogen-bond donors (Lipinski definition) is 3. The maximum atomic E-state index is 12.4. The van der Waals surface area contributed by atoms with Crippen LogP contribution >= 0.6 is 34.9 Å². The first-order valence-corrected chi connectivity index (χ1v) is 11.5. The van der Waals surface area contributed by atoms with Gasteiger partial charge in [0.25, 0.3) is 5.91 Å². The molecule has 3 aromatic rings. The Bertz CT molecular complexity index is 1080. The van der Waals surface area contributed by atoms with Crippen LogP contribution < -0.4 is 10.9 Å². The van der Waals surface area contributed by atoms with Gasteiger partial charge < -0.3 is 0 Å². The molecule has 0 saturated carbocycles. The van der Waals surface area contributed by atoms with Crippen molar-refractivity contribution >= 4 is 46.7 Å². The molecule has 1 atom stereocenters. The predicted molar refractivity (Wildman–Crippen MR) is 116 cm³/mol. The molecular weight excluding hydrogens is 426 g/mol. The van der Waals surface area contributed by atoms with E-state index in [-0.39, 0.29) is 18.2 Å². The number of rotatable bonds is 5. The zero-order chi connectivity index (χ0) is 20.4. The predicted octanol–water partition coefficient (Wildman–Crippen LogP) is 3.71. The third-order valence-corrected chi connectivity index (χ3v) is 7.34. The number of nitrogens with one attached hydrogen (secondary N) is 3. The standard InChI is InChI=1S/C19H21N5O2S3/c1-11-4-5-13-12(9-11)10-15(29-13)18(26)22-20-16(25)6-7-24-17(21-23-19(24)27)14-3-2-8-28-14/h2-3,8,10-11H,4-7,9H2,1H3,(H,20,25)(H,22,26)(H,23,27)/t11-/m1/s1. The molecule has 0 radical (unpaired) electrons. The van der Waals surface area contributed by atoms with E-state index in [2.05, 4.69) is 28.0 Å². The van der Waals surface area contributed by atoms with Gasteiger partial charge in [0.15, 0.2) is 10.6 Å². The molecule has 1 aliphatic rings. The molecule has 1 aliphatic carbocycles. The number of fused-ring (bicyclic) bond motifs is 1. The molecule has 0 unspecified atom stereocenters. The summed E-state index contributed by atoms with van der Waals surface area (Å²) < 4.78 is 2.25. The lowest BCUT2D eigenvalue weighted by atomic mass is 9.90. The fourth-order valence-corrected chi connectivity index (χ4v) is 5.45. The van der Waals surface area contributed by atoms with Gasteiger partial charge in [-0.25, -0.2) is 0 Å². The molecule has 0 bridgehead atoms. The van der Waals surface area contributed by atoms with Crippen LogP contribution in [-0.4, -0.2) is 26.6 Å². The summed E-state index contributed by atoms with van der Waals surface area (Å²) in [6.07, 6.45) is 3.38. The second-order valence-corrected chi connectivity index (χ2v) is 9.61. The summed E-state index contributed by atoms with van der Waals surface area (Å²) >= 11 is 8.34. The molecule has 0 saturated heterocycles. The van der Waals surface area contributed by atoms with Crippen LogP contribution in [0, 0.1) is 10.7 Å². The Morgan fingerprint density at radius 1 is 1.41 bits per heavy atom. The van der Waals surface area contributed by atoms with Crippen molar-refractivity contribution in [2.24, 2.45) is 5.92 Å². The highest BCUT2D eigenvalue weighted by atomic mass is 32.1. The van der Waals surface area contributed by atoms with Crippen LogP contribution in [0.5, 0.6) is 0 Å². The molecule has 29 heavy (non-hydrogen) atoms. The lowest BCUT2D eigenvalue weighted by molar-refractivity contribution is -0.122. The summed E-state index contributed by atoms with van der Waals surface area (Å²) in [6, 6.07) is 5.84. The highest BCUT2D eigenvalue weighted by Gasteiger charge is 2.21. The van der Waals surface area contributed by atoms with Crippen LogP contribution in [-0.2, 0) is 24.2 Å². The average molecular weight is 448 g/mol. The van der Waals surface area contributed by atoms with Crippen LogP contribution in [0.4, 0.5) is 0 Å². The summed E-state index contributed by atoms with van der Waals surface area (Å²) in [5.74, 6) is 0.805. The summed E-state index contributed by atoms with van der Waals surface area (Å²) in [5, 5.41) is 8.97. The van der Waals surface area contributed by atoms with Crippen molar-refractivity contribution in [1.29, 1.82) is 0 Å². The minimum atomic E-state index is -0.284. The van der Waals surface area contributed by atoms with Crippen LogP contribution in [0.15, 0.2) is 23.6 Å². The number of aromatic nitrogens is 3. The van der Waals surface area contributed by atoms with E-state index in [1.807, 2.05) is 23.6 Å². The van der Waals surface area contributed by atoms with Crippen molar-refractivity contribution in [2.45, 2.75) is 39.2 Å². The van der Waals surface area contributed by atoms with Crippen LogP contribution in [0.2, 0.25) is 0 Å². The molecular formula is C19H21N5O2S3. The third kappa shape index (κ3) is 4.49. The Morgan fingerprint density at radius 3 is 3.07 bits per heavy atom. The lowest BCUT2D eigenvalue weighted by Gasteiger charge is -2.16. The van der Waals surface area contributed by atoms with E-state index in [0.29, 0.717) is 27.9 Å². The number of carbonyl (C=O) groups is 2. The van der Waals surface area contributed by atoms with E-state index in [1.165, 1.54) is 21.8 Å². The molecule has 152 valence electrons. The molecule has 3 heterocycles. The van der Waals surface area contributed by atoms with E-state index in [0.717, 1.165) is 24.1 Å². The summed E-state index contributed by atoms with van der Waals surface area (Å²) in [5.41, 5.74) is 6.28. The SMILES string of the molecule is C[C@@H]1CCc2sc(C(=O)NNC(=O)CCn3c(-c4cccs4)n[nH]c3=S)cc2C1. The quantitative estimate of drug-likeness (QED) is 0.411. The zero-order valence-electron chi connectivity index (χ0n) is 15.9. The van der Waals surface area contributed by atoms with E-state index >= 15 is 0 Å². The molecule has 4 rings (SSSR count). The van der Waals surface area contributed by atoms with Crippen molar-refractivity contribution in [1.82, 2.24) is 25.6 Å². The van der Waals surface area contributed by atoms with Crippen LogP contribution in [0.3, 0.4) is 0 Å². The summed E-state index contributed by atoms with van der Waals surface area (Å²) in [4.78, 5) is 27.5. The van der Waals surface area contributed by atoms with Crippen LogP contribution in [0.1, 0.15) is 39.9 Å². The van der Waals surface area contributed by atoms with E-state index < -0.39 is 0 Å². The van der Waals surface area contributed by atoms with Gasteiger partial charge in [-0.1, -0.05) is 13.0 Å². The number of aryl methyl sites for hydroxylation is 1. The van der Waals surface area contributed by atoms with Gasteiger partial charge in [0, 0.05) is 17.8 Å². The Balaban J connectivity index is 1.32. The number of H-pyrrole nitrogens is 1. The van der Waals surface area contributed by atoms with Gasteiger partial charge in [-0.05, 0) is 60.5 Å². The minimum Gasteiger partial charge on any atom is -0.299 e. The molecule has 10 heteroatoms. The second kappa shape index (κ2) is 8.60. The topological polar surface area (TPSA) is 91.8 Å². The van der Waals surface area contributed by atoms with Gasteiger partial charge in [0.2, 0.25) is 5.91 Å². The number of amides is 2. The van der Waals surface area contributed by atoms with Gasteiger partial charge in [0.05, 0.1) is 9.75 Å². The van der Waals surface area contributed by atoms with Crippen LogP contribution in [0.25, 0.3) is 10.7 Å². The van der Waals surface area contributed by atoms with Gasteiger partial charge in [-0.3, -0.25) is 30.1 Å². The smallest absolute Gasteiger partial charge is 0.279 e. The van der Waals surface area contributed by atoms with Gasteiger partial charge >= 0.3 is 0 Å². The maximum Gasteiger partial charge on any atom is 0.279 e. The normalized spacial score (nSPS) is 15.7. The zero-order valence-corrected chi connectivity index (χ0v) is 18.3. The van der Waals surface area contributed by atoms with E-state index in [1.54, 1.807) is 15.9 Å². The van der Waals surface area contributed by atoms with E-state index in [9.17, 15) is 9.59 Å². The number of hydrogen-bond acceptors (Lipinski definition) is 6. The highest BCUT2D eigenvalue weighted by Crippen LogP contribution is 2.32. The molecule has 0 aliphatic heterocycles. The minimum absolute atomic E-state index is 0.172. The first-order valence-electron chi connectivity index (χ1n) is 9.41. The van der Waals surface area contributed by atoms with Crippen molar-refractivity contribution in [3.05, 3.63) is 43.7 Å². The average Bonchev–Trinajstić information content (AvgIpc) is 3.43. The number of carbonyl (C=O) groups excluding carboxylic acids is 2. The van der Waals surface area contributed by atoms with E-state index in [4.69, 9.17) is 12.2 Å². The summed E-state index contributed by atoms with van der Waals surface area (Å²) in [6.45, 7) is 2.60. The Hall–Kier alpha value is -2.30. The maximum absolute atomic E-state index is 12.4. The number of aromatic amines is 1. The Kier molecular flexibility index (Phi) is 5.93. The fraction of sp³-hybridized carbons (Fsp3) is 0.368. The molecule has 0 fully saturated rings. The second-order valence-electron chi connectivity index (χ2n) is 7.14. The highest BCUT2D eigenvalue weighted by molar-refractivity contribution is 7.71. The first kappa shape index (κ1) is 20.0. The van der Waals surface area contributed by atoms with Crippen molar-refractivity contribution in [2.75, 3.05) is 0 Å². The molecule has 0 aromatic carbocycles. The molecule has 0 spiro atoms. The van der Waals surface area contributed by atoms with Gasteiger partial charge in [-0.15, -0.1) is 22.7 Å². The largest absolute Gasteiger partial charge is 0.299 e. The first-order chi connectivity index (χ1) is 14.0. The molecule has 2 amide bonds. The van der Waals surface area contributed by atoms with Crippen molar-refractivity contribution in [3.8, 4) is 10.7 Å². The number of hydrazine groups is 1. The molecule has 3 N–H and O–H groups in total. The van der Waals surface area contributed by atoms with Crippen molar-refractivity contribution in [3.63, 3.8) is 0 Å². The van der Waals surface area contributed by atoms with Gasteiger partial charge in [-0.2, -0.15) is 5.10 Å². The summed E-state index contributed by atoms with van der Waals surface area (Å²) in [7, 11) is 0. The monoisotopic (exact) mass is 447 g/mol. The molecule has 7 nitrogen and oxygen atoms in total.